The highest BCUT2D eigenvalue weighted by atomic mass is 32.1. The fourth-order valence-corrected chi connectivity index (χ4v) is 4.04. The number of esters is 1. The number of nitrogens with one attached hydrogen (secondary N) is 1. The van der Waals surface area contributed by atoms with Gasteiger partial charge in [-0.15, -0.1) is 0 Å². The summed E-state index contributed by atoms with van der Waals surface area (Å²) in [4.78, 5) is 12.5. The van der Waals surface area contributed by atoms with Crippen molar-refractivity contribution in [3.8, 4) is 23.0 Å². The minimum atomic E-state index is -1.17. The molecule has 7 heteroatoms. The summed E-state index contributed by atoms with van der Waals surface area (Å²) in [6.45, 7) is 0. The smallest absolute Gasteiger partial charge is 0.340 e. The largest absolute Gasteiger partial charge is 0.508 e. The first kappa shape index (κ1) is 22.7. The third kappa shape index (κ3) is 4.01. The lowest BCUT2D eigenvalue weighted by molar-refractivity contribution is 0.0224. The zero-order valence-electron chi connectivity index (χ0n) is 17.8. The van der Waals surface area contributed by atoms with Crippen LogP contribution in [-0.2, 0) is 10.3 Å². The average Bonchev–Trinajstić information content (AvgIpc) is 3.14. The number of hydrogen-bond donors (Lipinski definition) is 3. The van der Waals surface area contributed by atoms with Gasteiger partial charge in [-0.1, -0.05) is 54.6 Å². The third-order valence-electron chi connectivity index (χ3n) is 5.35. The van der Waals surface area contributed by atoms with Crippen LogP contribution in [0.25, 0.3) is 0 Å². The Morgan fingerprint density at radius 3 is 1.71 bits per heavy atom. The first-order chi connectivity index (χ1) is 16.5. The molecule has 34 heavy (non-hydrogen) atoms. The number of carbonyl (C=O) groups excluding carboxylic acids is 1. The van der Waals surface area contributed by atoms with Gasteiger partial charge >= 0.3 is 5.97 Å². The Hall–Kier alpha value is -4.45. The van der Waals surface area contributed by atoms with Crippen LogP contribution in [-0.4, -0.2) is 21.3 Å². The molecule has 6 nitrogen and oxygen atoms in total. The zero-order valence-corrected chi connectivity index (χ0v) is 18.6. The number of benzene rings is 4. The minimum absolute atomic E-state index is 0.0371. The number of phenolic OH excluding ortho intramolecular Hbond substituents is 2. The molecular weight excluding hydrogens is 450 g/mol. The Bertz CT molecular complexity index is 1300. The van der Waals surface area contributed by atoms with Gasteiger partial charge in [0.25, 0.3) is 0 Å². The maximum atomic E-state index is 12.5. The number of isothiocyanates is 1. The molecule has 3 N–H and O–H groups in total. The number of fused-ring (bicyclic) bond motifs is 6. The number of ether oxygens (including phenoxy) is 2. The maximum Gasteiger partial charge on any atom is 0.340 e. The lowest BCUT2D eigenvalue weighted by atomic mass is 9.77. The van der Waals surface area contributed by atoms with Crippen LogP contribution in [0.1, 0.15) is 27.0 Å². The summed E-state index contributed by atoms with van der Waals surface area (Å²) < 4.78 is 11.8. The second kappa shape index (κ2) is 9.58. The van der Waals surface area contributed by atoms with E-state index in [9.17, 15) is 15.0 Å². The van der Waals surface area contributed by atoms with Gasteiger partial charge in [0.15, 0.2) is 5.60 Å². The van der Waals surface area contributed by atoms with Crippen molar-refractivity contribution in [2.45, 2.75) is 5.60 Å². The summed E-state index contributed by atoms with van der Waals surface area (Å²) in [7, 11) is 0. The fourth-order valence-electron chi connectivity index (χ4n) is 4.04. The minimum Gasteiger partial charge on any atom is -0.508 e. The molecule has 0 saturated carbocycles. The van der Waals surface area contributed by atoms with Gasteiger partial charge in [0.1, 0.15) is 23.0 Å². The standard InChI is InChI=1S/C20H12O5.C6H6.CHNS/c21-11-5-7-15-17(9-11)24-18-10-12(22)6-8-16(18)20(15)14-4-2-1-3-13(14)19(23)25-20;1-2-4-6-5-3-1;2-1-3/h1-10,21-22H;1-6H;2H. The molecule has 0 fully saturated rings. The summed E-state index contributed by atoms with van der Waals surface area (Å²) in [6, 6.07) is 28.6. The van der Waals surface area contributed by atoms with Crippen molar-refractivity contribution >= 4 is 23.3 Å². The lowest BCUT2D eigenvalue weighted by Gasteiger charge is -2.36. The van der Waals surface area contributed by atoms with E-state index >= 15 is 0 Å². The van der Waals surface area contributed by atoms with Crippen LogP contribution in [0.15, 0.2) is 97.1 Å². The second-order valence-electron chi connectivity index (χ2n) is 7.34. The Morgan fingerprint density at radius 2 is 1.21 bits per heavy atom. The van der Waals surface area contributed by atoms with Gasteiger partial charge in [0, 0.05) is 28.8 Å². The van der Waals surface area contributed by atoms with Crippen LogP contribution < -0.4 is 4.74 Å². The van der Waals surface area contributed by atoms with E-state index in [-0.39, 0.29) is 11.5 Å². The maximum absolute atomic E-state index is 12.5. The Balaban J connectivity index is 0.000000259. The van der Waals surface area contributed by atoms with E-state index in [1.807, 2.05) is 48.5 Å². The molecule has 0 atom stereocenters. The van der Waals surface area contributed by atoms with E-state index in [0.29, 0.717) is 33.8 Å². The molecule has 0 aromatic heterocycles. The normalized spacial score (nSPS) is 13.2. The molecule has 1 spiro atoms. The highest BCUT2D eigenvalue weighted by Gasteiger charge is 2.53. The van der Waals surface area contributed by atoms with E-state index in [2.05, 4.69) is 12.2 Å². The molecular formula is C27H19NO5S. The van der Waals surface area contributed by atoms with Crippen molar-refractivity contribution in [2.75, 3.05) is 0 Å². The summed E-state index contributed by atoms with van der Waals surface area (Å²) >= 11 is 3.81. The van der Waals surface area contributed by atoms with Crippen LogP contribution in [0.4, 0.5) is 0 Å². The van der Waals surface area contributed by atoms with Gasteiger partial charge < -0.3 is 19.7 Å². The van der Waals surface area contributed by atoms with Crippen LogP contribution in [0.2, 0.25) is 0 Å². The van der Waals surface area contributed by atoms with Crippen molar-refractivity contribution < 1.29 is 24.5 Å². The predicted molar refractivity (Wildman–Crippen MR) is 130 cm³/mol. The number of phenols is 2. The molecule has 4 aromatic rings. The Kier molecular flexibility index (Phi) is 6.41. The lowest BCUT2D eigenvalue weighted by Crippen LogP contribution is -2.32. The molecule has 0 unspecified atom stereocenters. The van der Waals surface area contributed by atoms with Crippen molar-refractivity contribution in [1.29, 1.82) is 5.41 Å². The highest BCUT2D eigenvalue weighted by Crippen LogP contribution is 2.56. The Labute approximate surface area is 201 Å². The molecule has 0 amide bonds. The van der Waals surface area contributed by atoms with Crippen LogP contribution >= 0.6 is 12.2 Å². The molecule has 2 heterocycles. The van der Waals surface area contributed by atoms with Gasteiger partial charge in [0.05, 0.1) is 10.7 Å². The molecule has 0 aliphatic carbocycles. The summed E-state index contributed by atoms with van der Waals surface area (Å²) in [5, 5.41) is 27.0. The first-order valence-electron chi connectivity index (χ1n) is 10.2. The summed E-state index contributed by atoms with van der Waals surface area (Å²) in [6.07, 6.45) is 0. The van der Waals surface area contributed by atoms with Gasteiger partial charge in [-0.05, 0) is 42.5 Å². The SMILES string of the molecule is N=C=S.O=C1OC2(c3ccc(O)cc3Oc3cc(O)ccc32)c2ccccc21.c1ccccc1. The summed E-state index contributed by atoms with van der Waals surface area (Å²) in [5.74, 6) is 0.408. The predicted octanol–water partition coefficient (Wildman–Crippen LogP) is 6.02. The van der Waals surface area contributed by atoms with Gasteiger partial charge in [-0.2, -0.15) is 0 Å². The zero-order chi connectivity index (χ0) is 24.1. The molecule has 2 aliphatic heterocycles. The van der Waals surface area contributed by atoms with Crippen LogP contribution in [0.5, 0.6) is 23.0 Å². The molecule has 4 aromatic carbocycles. The van der Waals surface area contributed by atoms with Crippen LogP contribution in [0.3, 0.4) is 0 Å². The fraction of sp³-hybridized carbons (Fsp3) is 0.0370. The van der Waals surface area contributed by atoms with Crippen molar-refractivity contribution in [2.24, 2.45) is 0 Å². The van der Waals surface area contributed by atoms with E-state index in [1.54, 1.807) is 29.4 Å². The Morgan fingerprint density at radius 1 is 0.735 bits per heavy atom. The van der Waals surface area contributed by atoms with Gasteiger partial charge in [-0.25, -0.2) is 10.2 Å². The van der Waals surface area contributed by atoms with E-state index in [0.717, 1.165) is 0 Å². The molecule has 6 rings (SSSR count). The molecule has 0 bridgehead atoms. The van der Waals surface area contributed by atoms with E-state index < -0.39 is 11.6 Å². The molecule has 168 valence electrons. The van der Waals surface area contributed by atoms with E-state index in [4.69, 9.17) is 14.9 Å². The van der Waals surface area contributed by atoms with Crippen molar-refractivity contribution in [3.63, 3.8) is 0 Å². The summed E-state index contributed by atoms with van der Waals surface area (Å²) in [5.41, 5.74) is 1.28. The van der Waals surface area contributed by atoms with E-state index in [1.165, 1.54) is 24.3 Å². The number of carbonyl (C=O) groups is 1. The molecule has 0 saturated heterocycles. The quantitative estimate of drug-likeness (QED) is 0.165. The first-order valence-corrected chi connectivity index (χ1v) is 10.6. The monoisotopic (exact) mass is 469 g/mol. The van der Waals surface area contributed by atoms with Crippen molar-refractivity contribution in [3.05, 3.63) is 119 Å². The average molecular weight is 470 g/mol. The van der Waals surface area contributed by atoms with Crippen LogP contribution in [0, 0.1) is 5.41 Å². The number of thiocarbonyl (C=S) groups is 1. The van der Waals surface area contributed by atoms with Gasteiger partial charge in [-0.3, -0.25) is 0 Å². The number of aromatic hydroxyl groups is 2. The number of hydrogen-bond acceptors (Lipinski definition) is 7. The molecule has 2 aliphatic rings. The highest BCUT2D eigenvalue weighted by molar-refractivity contribution is 7.78. The molecule has 0 radical (unpaired) electrons. The number of rotatable bonds is 0. The van der Waals surface area contributed by atoms with Gasteiger partial charge in [0.2, 0.25) is 0 Å². The third-order valence-corrected chi connectivity index (χ3v) is 5.35. The topological polar surface area (TPSA) is 99.8 Å². The second-order valence-corrected chi connectivity index (χ2v) is 7.54. The van der Waals surface area contributed by atoms with Crippen molar-refractivity contribution in [1.82, 2.24) is 0 Å².